The molecule has 1 aromatic rings. The van der Waals surface area contributed by atoms with Gasteiger partial charge in [-0.25, -0.2) is 4.79 Å². The number of aliphatic hydroxyl groups is 1. The molecule has 0 amide bonds. The number of hydrogen-bond acceptors (Lipinski definition) is 3. The first-order chi connectivity index (χ1) is 10.7. The third-order valence-electron chi connectivity index (χ3n) is 3.12. The Balaban J connectivity index is 2.44. The van der Waals surface area contributed by atoms with E-state index in [1.165, 1.54) is 7.11 Å². The standard InChI is InChI=1S/C19H22O3/c1-3-4-5-6-7-8-12-18(20)14-13-16-10-9-11-17(15-16)19(21)22-2/h9-11,15,18,20H,5-8,12H2,1-2H3. The first-order valence-electron chi connectivity index (χ1n) is 7.45. The number of carbonyl (C=O) groups excluding carboxylic acids is 1. The Kier molecular flexibility index (Phi) is 8.50. The molecule has 3 heteroatoms. The van der Waals surface area contributed by atoms with E-state index in [9.17, 15) is 9.90 Å². The van der Waals surface area contributed by atoms with Gasteiger partial charge in [-0.2, -0.15) is 0 Å². The van der Waals surface area contributed by atoms with Crippen molar-refractivity contribution in [3.8, 4) is 23.7 Å². The molecule has 1 atom stereocenters. The third-order valence-corrected chi connectivity index (χ3v) is 3.12. The van der Waals surface area contributed by atoms with Gasteiger partial charge in [-0.1, -0.05) is 24.3 Å². The number of esters is 1. The zero-order valence-corrected chi connectivity index (χ0v) is 13.2. The highest BCUT2D eigenvalue weighted by Crippen LogP contribution is 2.07. The molecule has 1 aromatic carbocycles. The van der Waals surface area contributed by atoms with Gasteiger partial charge in [0.2, 0.25) is 0 Å². The van der Waals surface area contributed by atoms with E-state index in [0.717, 1.165) is 25.7 Å². The van der Waals surface area contributed by atoms with Gasteiger partial charge in [0.25, 0.3) is 0 Å². The molecule has 0 fully saturated rings. The molecule has 0 spiro atoms. The van der Waals surface area contributed by atoms with Crippen LogP contribution in [0.1, 0.15) is 54.9 Å². The quantitative estimate of drug-likeness (QED) is 0.498. The van der Waals surface area contributed by atoms with Crippen LogP contribution in [0.2, 0.25) is 0 Å². The van der Waals surface area contributed by atoms with Crippen LogP contribution in [-0.4, -0.2) is 24.3 Å². The van der Waals surface area contributed by atoms with Crippen LogP contribution < -0.4 is 0 Å². The predicted octanol–water partition coefficient (Wildman–Crippen LogP) is 3.16. The van der Waals surface area contributed by atoms with Crippen LogP contribution in [0, 0.1) is 23.7 Å². The summed E-state index contributed by atoms with van der Waals surface area (Å²) >= 11 is 0. The normalized spacial score (nSPS) is 10.7. The van der Waals surface area contributed by atoms with Crippen molar-refractivity contribution >= 4 is 5.97 Å². The van der Waals surface area contributed by atoms with Gasteiger partial charge in [0.1, 0.15) is 6.10 Å². The van der Waals surface area contributed by atoms with Crippen molar-refractivity contribution in [3.05, 3.63) is 35.4 Å². The van der Waals surface area contributed by atoms with Crippen LogP contribution in [0.15, 0.2) is 24.3 Å². The molecule has 0 bridgehead atoms. The zero-order valence-electron chi connectivity index (χ0n) is 13.2. The van der Waals surface area contributed by atoms with E-state index in [1.54, 1.807) is 24.3 Å². The highest BCUT2D eigenvalue weighted by molar-refractivity contribution is 5.89. The second kappa shape index (κ2) is 10.5. The molecule has 0 aliphatic carbocycles. The van der Waals surface area contributed by atoms with E-state index < -0.39 is 6.10 Å². The van der Waals surface area contributed by atoms with Crippen LogP contribution in [0.25, 0.3) is 0 Å². The lowest BCUT2D eigenvalue weighted by atomic mass is 10.1. The molecule has 0 radical (unpaired) electrons. The first kappa shape index (κ1) is 17.8. The van der Waals surface area contributed by atoms with Crippen molar-refractivity contribution in [2.75, 3.05) is 7.11 Å². The number of aliphatic hydroxyl groups excluding tert-OH is 1. The summed E-state index contributed by atoms with van der Waals surface area (Å²) < 4.78 is 4.66. The smallest absolute Gasteiger partial charge is 0.337 e. The Morgan fingerprint density at radius 1 is 1.32 bits per heavy atom. The molecule has 0 saturated carbocycles. The Morgan fingerprint density at radius 3 is 2.86 bits per heavy atom. The van der Waals surface area contributed by atoms with Crippen molar-refractivity contribution < 1.29 is 14.6 Å². The third kappa shape index (κ3) is 6.97. The van der Waals surface area contributed by atoms with Gasteiger partial charge >= 0.3 is 5.97 Å². The minimum atomic E-state index is -0.640. The summed E-state index contributed by atoms with van der Waals surface area (Å²) in [6, 6.07) is 6.88. The number of unbranched alkanes of at least 4 members (excludes halogenated alkanes) is 3. The SMILES string of the molecule is CC#CCCCCCC(O)C#Cc1cccc(C(=O)OC)c1. The first-order valence-corrected chi connectivity index (χ1v) is 7.45. The van der Waals surface area contributed by atoms with E-state index in [1.807, 2.05) is 6.92 Å². The summed E-state index contributed by atoms with van der Waals surface area (Å²) in [7, 11) is 1.34. The molecule has 22 heavy (non-hydrogen) atoms. The molecule has 1 rings (SSSR count). The highest BCUT2D eigenvalue weighted by Gasteiger charge is 2.04. The number of hydrogen-bond donors (Lipinski definition) is 1. The molecular weight excluding hydrogens is 276 g/mol. The summed E-state index contributed by atoms with van der Waals surface area (Å²) in [4.78, 5) is 11.4. The lowest BCUT2D eigenvalue weighted by molar-refractivity contribution is 0.0600. The fourth-order valence-corrected chi connectivity index (χ4v) is 1.93. The average molecular weight is 298 g/mol. The number of benzene rings is 1. The van der Waals surface area contributed by atoms with Gasteiger partial charge in [0.05, 0.1) is 12.7 Å². The Morgan fingerprint density at radius 2 is 2.14 bits per heavy atom. The zero-order chi connectivity index (χ0) is 16.2. The van der Waals surface area contributed by atoms with Crippen molar-refractivity contribution in [3.63, 3.8) is 0 Å². The fourth-order valence-electron chi connectivity index (χ4n) is 1.93. The summed E-state index contributed by atoms with van der Waals surface area (Å²) in [6.07, 6.45) is 3.97. The van der Waals surface area contributed by atoms with E-state index in [4.69, 9.17) is 0 Å². The summed E-state index contributed by atoms with van der Waals surface area (Å²) in [5.41, 5.74) is 1.15. The molecular formula is C19H22O3. The molecule has 0 aliphatic heterocycles. The molecule has 3 nitrogen and oxygen atoms in total. The Labute approximate surface area is 132 Å². The molecule has 0 aliphatic rings. The molecule has 0 heterocycles. The van der Waals surface area contributed by atoms with Gasteiger partial charge in [-0.05, 0) is 44.4 Å². The Hall–Kier alpha value is -2.23. The van der Waals surface area contributed by atoms with Gasteiger partial charge in [0.15, 0.2) is 0 Å². The number of ether oxygens (including phenoxy) is 1. The van der Waals surface area contributed by atoms with Crippen LogP contribution in [0.5, 0.6) is 0 Å². The van der Waals surface area contributed by atoms with E-state index >= 15 is 0 Å². The second-order valence-corrected chi connectivity index (χ2v) is 4.88. The van der Waals surface area contributed by atoms with Crippen molar-refractivity contribution in [2.24, 2.45) is 0 Å². The highest BCUT2D eigenvalue weighted by atomic mass is 16.5. The molecule has 0 saturated heterocycles. The van der Waals surface area contributed by atoms with Crippen molar-refractivity contribution in [1.82, 2.24) is 0 Å². The second-order valence-electron chi connectivity index (χ2n) is 4.88. The monoisotopic (exact) mass is 298 g/mol. The maximum Gasteiger partial charge on any atom is 0.337 e. The number of methoxy groups -OCH3 is 1. The van der Waals surface area contributed by atoms with Gasteiger partial charge < -0.3 is 9.84 Å². The van der Waals surface area contributed by atoms with Crippen LogP contribution in [0.4, 0.5) is 0 Å². The average Bonchev–Trinajstić information content (AvgIpc) is 2.55. The molecule has 0 aromatic heterocycles. The van der Waals surface area contributed by atoms with Gasteiger partial charge in [-0.3, -0.25) is 0 Å². The van der Waals surface area contributed by atoms with Crippen LogP contribution in [0.3, 0.4) is 0 Å². The summed E-state index contributed by atoms with van der Waals surface area (Å²) in [5, 5.41) is 9.84. The summed E-state index contributed by atoms with van der Waals surface area (Å²) in [5.74, 6) is 11.2. The minimum Gasteiger partial charge on any atom is -0.465 e. The van der Waals surface area contributed by atoms with Crippen molar-refractivity contribution in [2.45, 2.75) is 45.1 Å². The van der Waals surface area contributed by atoms with Crippen LogP contribution >= 0.6 is 0 Å². The van der Waals surface area contributed by atoms with E-state index in [0.29, 0.717) is 17.5 Å². The molecule has 1 N–H and O–H groups in total. The minimum absolute atomic E-state index is 0.389. The molecule has 116 valence electrons. The van der Waals surface area contributed by atoms with Gasteiger partial charge in [0, 0.05) is 12.0 Å². The topological polar surface area (TPSA) is 46.5 Å². The van der Waals surface area contributed by atoms with Crippen LogP contribution in [-0.2, 0) is 4.74 Å². The lowest BCUT2D eigenvalue weighted by Crippen LogP contribution is -2.03. The lowest BCUT2D eigenvalue weighted by Gasteiger charge is -2.02. The van der Waals surface area contributed by atoms with E-state index in [2.05, 4.69) is 28.4 Å². The maximum atomic E-state index is 11.4. The number of carbonyl (C=O) groups is 1. The van der Waals surface area contributed by atoms with Crippen molar-refractivity contribution in [1.29, 1.82) is 0 Å². The molecule has 1 unspecified atom stereocenters. The predicted molar refractivity (Wildman–Crippen MR) is 87.2 cm³/mol. The van der Waals surface area contributed by atoms with Gasteiger partial charge in [-0.15, -0.1) is 11.8 Å². The Bertz CT molecular complexity index is 596. The summed E-state index contributed by atoms with van der Waals surface area (Å²) in [6.45, 7) is 1.84. The fraction of sp³-hybridized carbons (Fsp3) is 0.421. The van der Waals surface area contributed by atoms with E-state index in [-0.39, 0.29) is 5.97 Å². The number of rotatable bonds is 6. The largest absolute Gasteiger partial charge is 0.465 e. The maximum absolute atomic E-state index is 11.4.